The molecule has 0 aromatic rings. The van der Waals surface area contributed by atoms with Gasteiger partial charge in [-0.05, 0) is 25.8 Å². The molecule has 0 bridgehead atoms. The quantitative estimate of drug-likeness (QED) is 0.661. The number of hydrogen-bond donors (Lipinski definition) is 1. The summed E-state index contributed by atoms with van der Waals surface area (Å²) in [7, 11) is 1.85. The van der Waals surface area contributed by atoms with E-state index in [1.807, 2.05) is 13.2 Å². The van der Waals surface area contributed by atoms with Gasteiger partial charge in [0.2, 0.25) is 0 Å². The minimum atomic E-state index is 0.0736. The lowest BCUT2D eigenvalue weighted by Gasteiger charge is -2.36. The van der Waals surface area contributed by atoms with E-state index in [4.69, 9.17) is 4.74 Å². The van der Waals surface area contributed by atoms with Crippen LogP contribution in [0.3, 0.4) is 0 Å². The Morgan fingerprint density at radius 2 is 2.14 bits per heavy atom. The van der Waals surface area contributed by atoms with Crippen molar-refractivity contribution >= 4 is 0 Å². The number of likely N-dealkylation sites (N-methyl/N-ethyl adjacent to an activating group) is 1. The van der Waals surface area contributed by atoms with Crippen molar-refractivity contribution < 1.29 is 4.74 Å². The van der Waals surface area contributed by atoms with Crippen LogP contribution in [0.1, 0.15) is 39.0 Å². The van der Waals surface area contributed by atoms with E-state index in [0.29, 0.717) is 6.04 Å². The summed E-state index contributed by atoms with van der Waals surface area (Å²) >= 11 is 0. The van der Waals surface area contributed by atoms with Crippen molar-refractivity contribution in [3.8, 4) is 0 Å². The smallest absolute Gasteiger partial charge is 0.0834 e. The van der Waals surface area contributed by atoms with Crippen molar-refractivity contribution in [3.63, 3.8) is 0 Å². The average molecular weight is 197 g/mol. The van der Waals surface area contributed by atoms with Gasteiger partial charge in [0, 0.05) is 13.2 Å². The molecule has 14 heavy (non-hydrogen) atoms. The van der Waals surface area contributed by atoms with E-state index in [0.717, 1.165) is 13.0 Å². The van der Waals surface area contributed by atoms with Gasteiger partial charge in [0.15, 0.2) is 0 Å². The molecule has 0 aliphatic heterocycles. The summed E-state index contributed by atoms with van der Waals surface area (Å²) in [4.78, 5) is 0. The Balaban J connectivity index is 2.65. The first-order valence-electron chi connectivity index (χ1n) is 5.68. The Hall–Kier alpha value is -0.340. The Bertz CT molecular complexity index is 173. The molecule has 0 spiro atoms. The average Bonchev–Trinajstić information content (AvgIpc) is 2.67. The molecule has 2 nitrogen and oxygen atoms in total. The number of methoxy groups -OCH3 is 1. The fourth-order valence-corrected chi connectivity index (χ4v) is 2.57. The minimum Gasteiger partial charge on any atom is -0.377 e. The molecule has 0 amide bonds. The van der Waals surface area contributed by atoms with Crippen LogP contribution in [0.4, 0.5) is 0 Å². The molecule has 0 aromatic heterocycles. The third kappa shape index (κ3) is 2.37. The molecule has 0 aromatic carbocycles. The third-order valence-electron chi connectivity index (χ3n) is 3.34. The second kappa shape index (κ2) is 5.52. The van der Waals surface area contributed by atoms with Gasteiger partial charge >= 0.3 is 0 Å². The molecular weight excluding hydrogens is 174 g/mol. The largest absolute Gasteiger partial charge is 0.377 e. The first kappa shape index (κ1) is 11.7. The first-order valence-corrected chi connectivity index (χ1v) is 5.68. The van der Waals surface area contributed by atoms with Gasteiger partial charge in [-0.2, -0.15) is 0 Å². The highest BCUT2D eigenvalue weighted by atomic mass is 16.5. The molecule has 1 rings (SSSR count). The fraction of sp³-hybridized carbons (Fsp3) is 0.833. The zero-order valence-corrected chi connectivity index (χ0v) is 9.51. The van der Waals surface area contributed by atoms with Crippen LogP contribution >= 0.6 is 0 Å². The zero-order valence-electron chi connectivity index (χ0n) is 9.51. The summed E-state index contributed by atoms with van der Waals surface area (Å²) in [5.41, 5.74) is 0.0736. The first-order chi connectivity index (χ1) is 6.79. The minimum absolute atomic E-state index is 0.0736. The normalized spacial score (nSPS) is 22.1. The van der Waals surface area contributed by atoms with Crippen molar-refractivity contribution in [1.29, 1.82) is 0 Å². The topological polar surface area (TPSA) is 21.3 Å². The highest BCUT2D eigenvalue weighted by molar-refractivity contribution is 4.99. The second-order valence-corrected chi connectivity index (χ2v) is 4.11. The van der Waals surface area contributed by atoms with E-state index in [1.165, 1.54) is 25.7 Å². The van der Waals surface area contributed by atoms with Gasteiger partial charge in [-0.15, -0.1) is 6.58 Å². The number of nitrogens with one attached hydrogen (secondary N) is 1. The van der Waals surface area contributed by atoms with Crippen molar-refractivity contribution in [3.05, 3.63) is 12.7 Å². The maximum absolute atomic E-state index is 5.76. The predicted molar refractivity (Wildman–Crippen MR) is 60.5 cm³/mol. The Labute approximate surface area is 87.7 Å². The Morgan fingerprint density at radius 1 is 1.50 bits per heavy atom. The van der Waals surface area contributed by atoms with Crippen LogP contribution in [-0.4, -0.2) is 25.3 Å². The number of hydrogen-bond acceptors (Lipinski definition) is 2. The monoisotopic (exact) mass is 197 g/mol. The molecule has 1 fully saturated rings. The standard InChI is InChI=1S/C12H23NO/c1-4-8-11(13-5-2)12(14-3)9-6-7-10-12/h4,11,13H,1,5-10H2,2-3H3. The van der Waals surface area contributed by atoms with Crippen molar-refractivity contribution in [2.24, 2.45) is 0 Å². The van der Waals surface area contributed by atoms with Crippen molar-refractivity contribution in [1.82, 2.24) is 5.32 Å². The summed E-state index contributed by atoms with van der Waals surface area (Å²) in [6.07, 6.45) is 7.97. The van der Waals surface area contributed by atoms with Crippen LogP contribution in [0.5, 0.6) is 0 Å². The van der Waals surface area contributed by atoms with Gasteiger partial charge in [-0.1, -0.05) is 25.8 Å². The van der Waals surface area contributed by atoms with E-state index in [1.54, 1.807) is 0 Å². The van der Waals surface area contributed by atoms with Gasteiger partial charge in [0.05, 0.1) is 5.60 Å². The molecule has 0 heterocycles. The van der Waals surface area contributed by atoms with Gasteiger partial charge in [0.1, 0.15) is 0 Å². The molecule has 0 saturated heterocycles. The summed E-state index contributed by atoms with van der Waals surface area (Å²) < 4.78 is 5.76. The summed E-state index contributed by atoms with van der Waals surface area (Å²) in [6.45, 7) is 6.97. The maximum atomic E-state index is 5.76. The van der Waals surface area contributed by atoms with E-state index in [9.17, 15) is 0 Å². The molecule has 2 heteroatoms. The van der Waals surface area contributed by atoms with Crippen LogP contribution in [0, 0.1) is 0 Å². The lowest BCUT2D eigenvalue weighted by molar-refractivity contribution is -0.0344. The molecule has 1 unspecified atom stereocenters. The third-order valence-corrected chi connectivity index (χ3v) is 3.34. The molecule has 1 saturated carbocycles. The van der Waals surface area contributed by atoms with Crippen LogP contribution in [0.2, 0.25) is 0 Å². The van der Waals surface area contributed by atoms with Crippen LogP contribution in [0.25, 0.3) is 0 Å². The highest BCUT2D eigenvalue weighted by Crippen LogP contribution is 2.36. The van der Waals surface area contributed by atoms with Gasteiger partial charge < -0.3 is 10.1 Å². The molecule has 82 valence electrons. The Kier molecular flexibility index (Phi) is 4.63. The number of ether oxygens (including phenoxy) is 1. The van der Waals surface area contributed by atoms with Crippen molar-refractivity contribution in [2.75, 3.05) is 13.7 Å². The lowest BCUT2D eigenvalue weighted by atomic mass is 9.89. The lowest BCUT2D eigenvalue weighted by Crippen LogP contribution is -2.50. The molecule has 1 aliphatic rings. The Morgan fingerprint density at radius 3 is 2.57 bits per heavy atom. The van der Waals surface area contributed by atoms with Crippen LogP contribution in [-0.2, 0) is 4.74 Å². The van der Waals surface area contributed by atoms with Gasteiger partial charge in [-0.25, -0.2) is 0 Å². The molecular formula is C12H23NO. The van der Waals surface area contributed by atoms with Gasteiger partial charge in [0.25, 0.3) is 0 Å². The summed E-state index contributed by atoms with van der Waals surface area (Å²) in [6, 6.07) is 0.442. The highest BCUT2D eigenvalue weighted by Gasteiger charge is 2.40. The predicted octanol–water partition coefficient (Wildman–Crippen LogP) is 2.50. The van der Waals surface area contributed by atoms with Crippen molar-refractivity contribution in [2.45, 2.75) is 50.7 Å². The molecule has 1 atom stereocenters. The van der Waals surface area contributed by atoms with E-state index in [2.05, 4.69) is 18.8 Å². The van der Waals surface area contributed by atoms with Gasteiger partial charge in [-0.3, -0.25) is 0 Å². The molecule has 1 N–H and O–H groups in total. The SMILES string of the molecule is C=CCC(NCC)C1(OC)CCCC1. The van der Waals surface area contributed by atoms with Crippen LogP contribution in [0.15, 0.2) is 12.7 Å². The van der Waals surface area contributed by atoms with E-state index in [-0.39, 0.29) is 5.60 Å². The summed E-state index contributed by atoms with van der Waals surface area (Å²) in [5.74, 6) is 0. The fourth-order valence-electron chi connectivity index (χ4n) is 2.57. The molecule has 0 radical (unpaired) electrons. The van der Waals surface area contributed by atoms with E-state index >= 15 is 0 Å². The maximum Gasteiger partial charge on any atom is 0.0834 e. The zero-order chi connectivity index (χ0) is 10.4. The summed E-state index contributed by atoms with van der Waals surface area (Å²) in [5, 5.41) is 3.52. The molecule has 1 aliphatic carbocycles. The van der Waals surface area contributed by atoms with Crippen LogP contribution < -0.4 is 5.32 Å². The number of rotatable bonds is 6. The van der Waals surface area contributed by atoms with E-state index < -0.39 is 0 Å². The second-order valence-electron chi connectivity index (χ2n) is 4.11.